The van der Waals surface area contributed by atoms with Gasteiger partial charge in [0.25, 0.3) is 0 Å². The fourth-order valence-electron chi connectivity index (χ4n) is 1.16. The topological polar surface area (TPSA) is 26.3 Å². The van der Waals surface area contributed by atoms with Crippen LogP contribution in [0.2, 0.25) is 0 Å². The van der Waals surface area contributed by atoms with E-state index in [1.807, 2.05) is 25.1 Å². The SMILES string of the molecule is CCCCOC(=O)c1cccc(C)c1.CCl. The summed E-state index contributed by atoms with van der Waals surface area (Å²) < 4.78 is 5.08. The predicted molar refractivity (Wildman–Crippen MR) is 68.1 cm³/mol. The standard InChI is InChI=1S/C12H16O2.CH3Cl/c1-3-4-8-14-12(13)11-7-5-6-10(2)9-11;1-2/h5-7,9H,3-4,8H2,1-2H3;1H3. The van der Waals surface area contributed by atoms with Gasteiger partial charge in [-0.15, -0.1) is 11.6 Å². The molecule has 2 nitrogen and oxygen atoms in total. The number of aryl methyl sites for hydroxylation is 1. The van der Waals surface area contributed by atoms with Crippen LogP contribution in [-0.2, 0) is 4.74 Å². The molecule has 0 amide bonds. The second kappa shape index (κ2) is 9.22. The Morgan fingerprint density at radius 1 is 1.38 bits per heavy atom. The summed E-state index contributed by atoms with van der Waals surface area (Å²) in [7, 11) is 0. The molecule has 16 heavy (non-hydrogen) atoms. The second-order valence-electron chi connectivity index (χ2n) is 3.36. The molecule has 3 heteroatoms. The average molecular weight is 243 g/mol. The molecule has 0 atom stereocenters. The van der Waals surface area contributed by atoms with E-state index >= 15 is 0 Å². The third-order valence-electron chi connectivity index (χ3n) is 1.98. The molecule has 0 fully saturated rings. The molecule has 0 unspecified atom stereocenters. The van der Waals surface area contributed by atoms with Crippen molar-refractivity contribution in [1.82, 2.24) is 0 Å². The molecular weight excluding hydrogens is 224 g/mol. The minimum absolute atomic E-state index is 0.220. The van der Waals surface area contributed by atoms with Crippen molar-refractivity contribution in [2.75, 3.05) is 13.0 Å². The number of esters is 1. The average Bonchev–Trinajstić information content (AvgIpc) is 2.32. The maximum atomic E-state index is 11.4. The van der Waals surface area contributed by atoms with Crippen LogP contribution in [0.25, 0.3) is 0 Å². The van der Waals surface area contributed by atoms with E-state index in [2.05, 4.69) is 18.5 Å². The van der Waals surface area contributed by atoms with Crippen LogP contribution in [0.4, 0.5) is 0 Å². The number of carbonyl (C=O) groups is 1. The number of hydrogen-bond donors (Lipinski definition) is 0. The van der Waals surface area contributed by atoms with Crippen molar-refractivity contribution >= 4 is 17.6 Å². The Morgan fingerprint density at radius 3 is 2.62 bits per heavy atom. The third kappa shape index (κ3) is 5.76. The monoisotopic (exact) mass is 242 g/mol. The van der Waals surface area contributed by atoms with E-state index in [9.17, 15) is 4.79 Å². The summed E-state index contributed by atoms with van der Waals surface area (Å²) in [5.41, 5.74) is 1.72. The van der Waals surface area contributed by atoms with Crippen LogP contribution in [0.1, 0.15) is 35.7 Å². The Balaban J connectivity index is 0.00000106. The smallest absolute Gasteiger partial charge is 0.338 e. The molecule has 0 saturated heterocycles. The van der Waals surface area contributed by atoms with Gasteiger partial charge in [-0.2, -0.15) is 0 Å². The van der Waals surface area contributed by atoms with Crippen LogP contribution < -0.4 is 0 Å². The van der Waals surface area contributed by atoms with Gasteiger partial charge in [-0.05, 0) is 25.5 Å². The normalized spacial score (nSPS) is 9.00. The molecule has 0 aromatic heterocycles. The van der Waals surface area contributed by atoms with Gasteiger partial charge in [-0.1, -0.05) is 31.0 Å². The second-order valence-corrected chi connectivity index (χ2v) is 3.36. The third-order valence-corrected chi connectivity index (χ3v) is 1.98. The molecule has 0 aliphatic rings. The number of unbranched alkanes of at least 4 members (excludes halogenated alkanes) is 1. The summed E-state index contributed by atoms with van der Waals surface area (Å²) in [6, 6.07) is 7.45. The molecule has 0 heterocycles. The van der Waals surface area contributed by atoms with Crippen molar-refractivity contribution < 1.29 is 9.53 Å². The van der Waals surface area contributed by atoms with Crippen molar-refractivity contribution in [2.45, 2.75) is 26.7 Å². The zero-order valence-corrected chi connectivity index (χ0v) is 10.9. The summed E-state index contributed by atoms with van der Waals surface area (Å²) in [4.78, 5) is 11.4. The van der Waals surface area contributed by atoms with Gasteiger partial charge in [0.1, 0.15) is 0 Å². The molecule has 0 saturated carbocycles. The Hall–Kier alpha value is -1.02. The van der Waals surface area contributed by atoms with Crippen molar-refractivity contribution in [3.63, 3.8) is 0 Å². The van der Waals surface area contributed by atoms with Crippen molar-refractivity contribution in [2.24, 2.45) is 0 Å². The maximum Gasteiger partial charge on any atom is 0.338 e. The first kappa shape index (κ1) is 15.0. The summed E-state index contributed by atoms with van der Waals surface area (Å²) in [6.45, 7) is 4.55. The molecular formula is C13H19ClO2. The van der Waals surface area contributed by atoms with E-state index in [1.165, 1.54) is 6.38 Å². The molecule has 0 N–H and O–H groups in total. The zero-order chi connectivity index (χ0) is 12.4. The van der Waals surface area contributed by atoms with Gasteiger partial charge >= 0.3 is 5.97 Å². The molecule has 90 valence electrons. The number of hydrogen-bond acceptors (Lipinski definition) is 2. The summed E-state index contributed by atoms with van der Waals surface area (Å²) >= 11 is 4.64. The van der Waals surface area contributed by atoms with Crippen LogP contribution in [0, 0.1) is 6.92 Å². The van der Waals surface area contributed by atoms with Gasteiger partial charge in [-0.3, -0.25) is 0 Å². The highest BCUT2D eigenvalue weighted by Crippen LogP contribution is 2.05. The molecule has 0 aliphatic heterocycles. The van der Waals surface area contributed by atoms with Gasteiger partial charge in [0.2, 0.25) is 0 Å². The van der Waals surface area contributed by atoms with E-state index in [-0.39, 0.29) is 5.97 Å². The predicted octanol–water partition coefficient (Wildman–Crippen LogP) is 3.81. The molecule has 0 bridgehead atoms. The van der Waals surface area contributed by atoms with E-state index in [1.54, 1.807) is 6.07 Å². The number of ether oxygens (including phenoxy) is 1. The lowest BCUT2D eigenvalue weighted by molar-refractivity contribution is 0.0499. The lowest BCUT2D eigenvalue weighted by Crippen LogP contribution is -2.06. The highest BCUT2D eigenvalue weighted by molar-refractivity contribution is 6.15. The summed E-state index contributed by atoms with van der Waals surface area (Å²) in [6.07, 6.45) is 3.44. The Labute approximate surface area is 103 Å². The number of benzene rings is 1. The molecule has 1 aromatic carbocycles. The molecule has 1 aromatic rings. The first-order chi connectivity index (χ1) is 7.74. The zero-order valence-electron chi connectivity index (χ0n) is 10.1. The molecule has 0 aliphatic carbocycles. The van der Waals surface area contributed by atoms with Gasteiger partial charge in [-0.25, -0.2) is 4.79 Å². The van der Waals surface area contributed by atoms with E-state index in [4.69, 9.17) is 4.74 Å². The van der Waals surface area contributed by atoms with Crippen LogP contribution in [0.15, 0.2) is 24.3 Å². The number of carbonyl (C=O) groups excluding carboxylic acids is 1. The highest BCUT2D eigenvalue weighted by Gasteiger charge is 2.05. The quantitative estimate of drug-likeness (QED) is 0.456. The van der Waals surface area contributed by atoms with Gasteiger partial charge in [0.15, 0.2) is 0 Å². The fraction of sp³-hybridized carbons (Fsp3) is 0.462. The van der Waals surface area contributed by atoms with Gasteiger partial charge < -0.3 is 4.74 Å². The van der Waals surface area contributed by atoms with Crippen LogP contribution in [0.5, 0.6) is 0 Å². The largest absolute Gasteiger partial charge is 0.462 e. The Morgan fingerprint density at radius 2 is 2.06 bits per heavy atom. The van der Waals surface area contributed by atoms with E-state index in [0.29, 0.717) is 12.2 Å². The van der Waals surface area contributed by atoms with Crippen LogP contribution in [-0.4, -0.2) is 19.0 Å². The van der Waals surface area contributed by atoms with E-state index in [0.717, 1.165) is 18.4 Å². The highest BCUT2D eigenvalue weighted by atomic mass is 35.5. The Kier molecular flexibility index (Phi) is 8.64. The lowest BCUT2D eigenvalue weighted by atomic mass is 10.1. The first-order valence-electron chi connectivity index (χ1n) is 5.35. The summed E-state index contributed by atoms with van der Waals surface area (Å²) in [5.74, 6) is -0.220. The lowest BCUT2D eigenvalue weighted by Gasteiger charge is -2.03. The van der Waals surface area contributed by atoms with Gasteiger partial charge in [0.05, 0.1) is 12.2 Å². The molecule has 1 rings (SSSR count). The van der Waals surface area contributed by atoms with Crippen molar-refractivity contribution in [3.05, 3.63) is 35.4 Å². The van der Waals surface area contributed by atoms with Crippen LogP contribution in [0.3, 0.4) is 0 Å². The minimum Gasteiger partial charge on any atom is -0.462 e. The number of halogens is 1. The number of alkyl halides is 1. The van der Waals surface area contributed by atoms with Crippen molar-refractivity contribution in [3.8, 4) is 0 Å². The molecule has 0 radical (unpaired) electrons. The minimum atomic E-state index is -0.220. The fourth-order valence-corrected chi connectivity index (χ4v) is 1.16. The maximum absolute atomic E-state index is 11.4. The first-order valence-corrected chi connectivity index (χ1v) is 6.11. The van der Waals surface area contributed by atoms with Gasteiger partial charge in [0, 0.05) is 6.38 Å². The van der Waals surface area contributed by atoms with Crippen LogP contribution >= 0.6 is 11.6 Å². The van der Waals surface area contributed by atoms with Crippen molar-refractivity contribution in [1.29, 1.82) is 0 Å². The number of rotatable bonds is 4. The molecule has 0 spiro atoms. The summed E-state index contributed by atoms with van der Waals surface area (Å²) in [5, 5.41) is 0. The Bertz CT molecular complexity index is 311. The van der Waals surface area contributed by atoms with E-state index < -0.39 is 0 Å².